The van der Waals surface area contributed by atoms with Crippen molar-refractivity contribution in [3.05, 3.63) is 47.8 Å². The van der Waals surface area contributed by atoms with E-state index in [1.165, 1.54) is 0 Å². The van der Waals surface area contributed by atoms with E-state index in [0.717, 1.165) is 59.0 Å². The van der Waals surface area contributed by atoms with E-state index < -0.39 is 5.41 Å². The predicted molar refractivity (Wildman–Crippen MR) is 116 cm³/mol. The van der Waals surface area contributed by atoms with Gasteiger partial charge in [0, 0.05) is 17.6 Å². The number of aromatic nitrogens is 2. The summed E-state index contributed by atoms with van der Waals surface area (Å²) in [6.07, 6.45) is 1.67. The van der Waals surface area contributed by atoms with Crippen LogP contribution in [0, 0.1) is 0 Å². The first kappa shape index (κ1) is 19.0. The Morgan fingerprint density at radius 1 is 1.13 bits per heavy atom. The molecule has 1 N–H and O–H groups in total. The topological polar surface area (TPSA) is 65.4 Å². The van der Waals surface area contributed by atoms with E-state index >= 15 is 0 Å². The van der Waals surface area contributed by atoms with Crippen molar-refractivity contribution in [2.45, 2.75) is 57.9 Å². The Kier molecular flexibility index (Phi) is 4.10. The summed E-state index contributed by atoms with van der Waals surface area (Å²) in [5.74, 6) is 2.54. The Morgan fingerprint density at radius 2 is 1.90 bits per heavy atom. The van der Waals surface area contributed by atoms with Crippen LogP contribution < -0.4 is 14.8 Å². The minimum absolute atomic E-state index is 0.0272. The number of rotatable bonds is 4. The minimum Gasteiger partial charge on any atom is -0.454 e. The molecule has 0 radical (unpaired) electrons. The number of nitrogens with zero attached hydrogens (tertiary/aromatic N) is 2. The van der Waals surface area contributed by atoms with Gasteiger partial charge in [-0.1, -0.05) is 26.8 Å². The summed E-state index contributed by atoms with van der Waals surface area (Å²) < 4.78 is 13.1. The van der Waals surface area contributed by atoms with Crippen LogP contribution >= 0.6 is 0 Å². The largest absolute Gasteiger partial charge is 0.454 e. The van der Waals surface area contributed by atoms with Crippen molar-refractivity contribution in [3.8, 4) is 11.5 Å². The second kappa shape index (κ2) is 6.49. The second-order valence-corrected chi connectivity index (χ2v) is 9.24. The molecule has 1 saturated carbocycles. The molecular weight excluding hydrogens is 378 g/mol. The maximum absolute atomic E-state index is 13.2. The lowest BCUT2D eigenvalue weighted by atomic mass is 9.94. The molecule has 156 valence electrons. The van der Waals surface area contributed by atoms with Gasteiger partial charge in [-0.15, -0.1) is 0 Å². The van der Waals surface area contributed by atoms with E-state index in [-0.39, 0.29) is 18.1 Å². The Balaban J connectivity index is 1.45. The van der Waals surface area contributed by atoms with Crippen molar-refractivity contribution in [1.29, 1.82) is 0 Å². The number of imidazole rings is 1. The molecule has 1 amide bonds. The molecule has 2 aromatic carbocycles. The molecule has 1 aromatic heterocycles. The Bertz CT molecular complexity index is 1150. The second-order valence-electron chi connectivity index (χ2n) is 9.24. The SMILES string of the molecule is CCn1c(C(C)(C)C)nc2ccc(NC(=O)C3(c4ccc5c(c4)OCO5)CC3)cc21. The van der Waals surface area contributed by atoms with E-state index in [4.69, 9.17) is 14.5 Å². The van der Waals surface area contributed by atoms with Gasteiger partial charge < -0.3 is 19.4 Å². The molecule has 0 unspecified atom stereocenters. The number of hydrogen-bond acceptors (Lipinski definition) is 4. The average Bonchev–Trinajstić information content (AvgIpc) is 3.24. The van der Waals surface area contributed by atoms with Crippen molar-refractivity contribution < 1.29 is 14.3 Å². The van der Waals surface area contributed by atoms with E-state index in [1.807, 2.05) is 36.4 Å². The number of amides is 1. The molecule has 0 bridgehead atoms. The summed E-state index contributed by atoms with van der Waals surface area (Å²) in [4.78, 5) is 18.1. The number of ether oxygens (including phenoxy) is 2. The molecule has 5 rings (SSSR count). The summed E-state index contributed by atoms with van der Waals surface area (Å²) in [6, 6.07) is 11.8. The van der Waals surface area contributed by atoms with Gasteiger partial charge in [0.25, 0.3) is 0 Å². The third-order valence-electron chi connectivity index (χ3n) is 6.10. The number of nitrogens with one attached hydrogen (secondary N) is 1. The fourth-order valence-electron chi connectivity index (χ4n) is 4.31. The van der Waals surface area contributed by atoms with Gasteiger partial charge in [-0.05, 0) is 55.7 Å². The third-order valence-corrected chi connectivity index (χ3v) is 6.10. The van der Waals surface area contributed by atoms with Crippen LogP contribution in [0.25, 0.3) is 11.0 Å². The monoisotopic (exact) mass is 405 g/mol. The van der Waals surface area contributed by atoms with Crippen molar-refractivity contribution in [1.82, 2.24) is 9.55 Å². The summed E-state index contributed by atoms with van der Waals surface area (Å²) >= 11 is 0. The highest BCUT2D eigenvalue weighted by molar-refractivity contribution is 6.02. The van der Waals surface area contributed by atoms with Crippen LogP contribution in [0.2, 0.25) is 0 Å². The number of aryl methyl sites for hydroxylation is 1. The third kappa shape index (κ3) is 2.93. The number of fused-ring (bicyclic) bond motifs is 2. The van der Waals surface area contributed by atoms with E-state index in [0.29, 0.717) is 0 Å². The minimum atomic E-state index is -0.489. The molecule has 1 fully saturated rings. The van der Waals surface area contributed by atoms with Crippen molar-refractivity contribution in [3.63, 3.8) is 0 Å². The quantitative estimate of drug-likeness (QED) is 0.680. The van der Waals surface area contributed by atoms with Crippen LogP contribution in [0.5, 0.6) is 11.5 Å². The molecule has 1 aliphatic carbocycles. The van der Waals surface area contributed by atoms with Gasteiger partial charge in [-0.2, -0.15) is 0 Å². The first-order chi connectivity index (χ1) is 14.3. The van der Waals surface area contributed by atoms with Gasteiger partial charge in [0.2, 0.25) is 12.7 Å². The molecular formula is C24H27N3O3. The maximum Gasteiger partial charge on any atom is 0.235 e. The van der Waals surface area contributed by atoms with Crippen LogP contribution in [-0.4, -0.2) is 22.3 Å². The average molecular weight is 405 g/mol. The first-order valence-electron chi connectivity index (χ1n) is 10.5. The summed E-state index contributed by atoms with van der Waals surface area (Å²) in [7, 11) is 0. The van der Waals surface area contributed by atoms with Crippen molar-refractivity contribution in [2.75, 3.05) is 12.1 Å². The van der Waals surface area contributed by atoms with Gasteiger partial charge in [-0.25, -0.2) is 4.98 Å². The normalized spacial score (nSPS) is 16.7. The lowest BCUT2D eigenvalue weighted by Crippen LogP contribution is -2.27. The number of hydrogen-bond donors (Lipinski definition) is 1. The Labute approximate surface area is 176 Å². The number of carbonyl (C=O) groups is 1. The first-order valence-corrected chi connectivity index (χ1v) is 10.5. The molecule has 0 atom stereocenters. The summed E-state index contributed by atoms with van der Waals surface area (Å²) in [5, 5.41) is 3.15. The molecule has 3 aromatic rings. The highest BCUT2D eigenvalue weighted by Crippen LogP contribution is 2.51. The fourth-order valence-corrected chi connectivity index (χ4v) is 4.31. The van der Waals surface area contributed by atoms with Crippen LogP contribution in [0.4, 0.5) is 5.69 Å². The van der Waals surface area contributed by atoms with Crippen molar-refractivity contribution >= 4 is 22.6 Å². The van der Waals surface area contributed by atoms with Crippen LogP contribution in [-0.2, 0) is 22.2 Å². The van der Waals surface area contributed by atoms with Crippen LogP contribution in [0.15, 0.2) is 36.4 Å². The molecule has 0 spiro atoms. The molecule has 2 aliphatic rings. The Hall–Kier alpha value is -3.02. The molecule has 0 saturated heterocycles. The van der Waals surface area contributed by atoms with Crippen LogP contribution in [0.1, 0.15) is 51.9 Å². The number of anilines is 1. The summed E-state index contributed by atoms with van der Waals surface area (Å²) in [6.45, 7) is 9.71. The molecule has 6 nitrogen and oxygen atoms in total. The molecule has 2 heterocycles. The zero-order chi connectivity index (χ0) is 21.1. The highest BCUT2D eigenvalue weighted by Gasteiger charge is 2.51. The molecule has 30 heavy (non-hydrogen) atoms. The van der Waals surface area contributed by atoms with Gasteiger partial charge in [0.15, 0.2) is 11.5 Å². The zero-order valence-electron chi connectivity index (χ0n) is 17.9. The smallest absolute Gasteiger partial charge is 0.235 e. The lowest BCUT2D eigenvalue weighted by molar-refractivity contribution is -0.118. The Morgan fingerprint density at radius 3 is 2.60 bits per heavy atom. The standard InChI is InChI=1S/C24H27N3O3/c1-5-27-18-13-16(7-8-17(18)26-21(27)23(2,3)4)25-22(28)24(10-11-24)15-6-9-19-20(12-15)30-14-29-19/h6-9,12-13H,5,10-11,14H2,1-4H3,(H,25,28). The zero-order valence-corrected chi connectivity index (χ0v) is 17.9. The number of carbonyl (C=O) groups excluding carboxylic acids is 1. The van der Waals surface area contributed by atoms with E-state index in [1.54, 1.807) is 0 Å². The van der Waals surface area contributed by atoms with Gasteiger partial charge >= 0.3 is 0 Å². The fraction of sp³-hybridized carbons (Fsp3) is 0.417. The highest BCUT2D eigenvalue weighted by atomic mass is 16.7. The van der Waals surface area contributed by atoms with E-state index in [9.17, 15) is 4.79 Å². The predicted octanol–water partition coefficient (Wildman–Crippen LogP) is 4.75. The van der Waals surface area contributed by atoms with Gasteiger partial charge in [0.05, 0.1) is 16.4 Å². The van der Waals surface area contributed by atoms with Gasteiger partial charge in [-0.3, -0.25) is 4.79 Å². The van der Waals surface area contributed by atoms with Crippen LogP contribution in [0.3, 0.4) is 0 Å². The maximum atomic E-state index is 13.2. The lowest BCUT2D eigenvalue weighted by Gasteiger charge is -2.19. The van der Waals surface area contributed by atoms with Gasteiger partial charge in [0.1, 0.15) is 5.82 Å². The van der Waals surface area contributed by atoms with E-state index in [2.05, 4.69) is 37.6 Å². The molecule has 1 aliphatic heterocycles. The summed E-state index contributed by atoms with van der Waals surface area (Å²) in [5.41, 5.74) is 3.26. The number of benzene rings is 2. The van der Waals surface area contributed by atoms with Crippen molar-refractivity contribution in [2.24, 2.45) is 0 Å². The molecule has 6 heteroatoms.